The first-order chi connectivity index (χ1) is 14.5. The molecule has 1 aliphatic heterocycles. The Labute approximate surface area is 180 Å². The van der Waals surface area contributed by atoms with Gasteiger partial charge in [-0.25, -0.2) is 4.68 Å². The zero-order valence-corrected chi connectivity index (χ0v) is 18.7. The lowest BCUT2D eigenvalue weighted by atomic mass is 10.1. The van der Waals surface area contributed by atoms with E-state index in [1.165, 1.54) is 22.3 Å². The van der Waals surface area contributed by atoms with Crippen molar-refractivity contribution in [3.05, 3.63) is 71.4 Å². The minimum atomic E-state index is 0.952. The van der Waals surface area contributed by atoms with Crippen molar-refractivity contribution in [1.29, 1.82) is 0 Å². The zero-order chi connectivity index (χ0) is 21.1. The Morgan fingerprint density at radius 3 is 2.37 bits per heavy atom. The quantitative estimate of drug-likeness (QED) is 0.628. The van der Waals surface area contributed by atoms with Gasteiger partial charge >= 0.3 is 0 Å². The third-order valence-corrected chi connectivity index (χ3v) is 5.80. The fourth-order valence-electron chi connectivity index (χ4n) is 4.07. The summed E-state index contributed by atoms with van der Waals surface area (Å²) < 4.78 is 2.02. The van der Waals surface area contributed by atoms with Crippen LogP contribution in [-0.2, 0) is 13.1 Å². The Morgan fingerprint density at radius 1 is 0.933 bits per heavy atom. The molecule has 1 saturated heterocycles. The van der Waals surface area contributed by atoms with Gasteiger partial charge in [-0.2, -0.15) is 5.10 Å². The molecule has 0 N–H and O–H groups in total. The topological polar surface area (TPSA) is 27.5 Å². The summed E-state index contributed by atoms with van der Waals surface area (Å²) >= 11 is 0. The van der Waals surface area contributed by atoms with Gasteiger partial charge in [0.05, 0.1) is 11.4 Å². The van der Waals surface area contributed by atoms with Crippen LogP contribution in [0.25, 0.3) is 16.9 Å². The lowest BCUT2D eigenvalue weighted by Crippen LogP contribution is -2.43. The number of likely N-dealkylation sites (N-methyl/N-ethyl adjacent to an activating group) is 1. The van der Waals surface area contributed by atoms with Crippen molar-refractivity contribution in [2.75, 3.05) is 47.3 Å². The molecule has 1 aliphatic rings. The van der Waals surface area contributed by atoms with Crippen LogP contribution in [-0.4, -0.2) is 71.8 Å². The van der Waals surface area contributed by atoms with Crippen molar-refractivity contribution in [3.8, 4) is 16.9 Å². The summed E-state index contributed by atoms with van der Waals surface area (Å²) in [5.41, 5.74) is 7.20. The van der Waals surface area contributed by atoms with Gasteiger partial charge in [0.15, 0.2) is 0 Å². The highest BCUT2D eigenvalue weighted by Gasteiger charge is 2.14. The van der Waals surface area contributed by atoms with Gasteiger partial charge in [-0.1, -0.05) is 36.4 Å². The molecule has 1 fully saturated rings. The van der Waals surface area contributed by atoms with Gasteiger partial charge in [0.2, 0.25) is 0 Å². The van der Waals surface area contributed by atoms with Gasteiger partial charge in [-0.05, 0) is 56.9 Å². The summed E-state index contributed by atoms with van der Waals surface area (Å²) in [6.45, 7) is 8.66. The van der Waals surface area contributed by atoms with Crippen LogP contribution in [0, 0.1) is 6.92 Å². The van der Waals surface area contributed by atoms with Crippen molar-refractivity contribution >= 4 is 0 Å². The highest BCUT2D eigenvalue weighted by atomic mass is 15.3. The molecular formula is C25H33N5. The van der Waals surface area contributed by atoms with E-state index in [2.05, 4.69) is 97.5 Å². The van der Waals surface area contributed by atoms with Gasteiger partial charge in [-0.3, -0.25) is 4.90 Å². The Kier molecular flexibility index (Phi) is 6.32. The molecule has 5 heteroatoms. The van der Waals surface area contributed by atoms with Gasteiger partial charge in [0.25, 0.3) is 0 Å². The van der Waals surface area contributed by atoms with Crippen LogP contribution in [0.15, 0.2) is 54.7 Å². The predicted octanol–water partition coefficient (Wildman–Crippen LogP) is 3.66. The molecule has 0 saturated carbocycles. The lowest BCUT2D eigenvalue weighted by Gasteiger charge is -2.32. The highest BCUT2D eigenvalue weighted by molar-refractivity contribution is 5.63. The lowest BCUT2D eigenvalue weighted by molar-refractivity contribution is 0.148. The van der Waals surface area contributed by atoms with Crippen LogP contribution in [0.1, 0.15) is 16.7 Å². The van der Waals surface area contributed by atoms with E-state index in [1.54, 1.807) is 0 Å². The average molecular weight is 404 g/mol. The fraction of sp³-hybridized carbons (Fsp3) is 0.400. The van der Waals surface area contributed by atoms with Crippen molar-refractivity contribution in [2.24, 2.45) is 0 Å². The van der Waals surface area contributed by atoms with Crippen LogP contribution in [0.3, 0.4) is 0 Å². The maximum atomic E-state index is 4.92. The summed E-state index contributed by atoms with van der Waals surface area (Å²) in [4.78, 5) is 7.12. The van der Waals surface area contributed by atoms with E-state index in [0.717, 1.165) is 50.6 Å². The standard InChI is InChI=1S/C25H33N5/c1-20-17-30(26-25(20)23-10-8-21(9-11-23)18-27(2)3)24-7-5-6-22(16-24)19-29-14-12-28(4)13-15-29/h5-11,16-17H,12-15,18-19H2,1-4H3. The second-order valence-corrected chi connectivity index (χ2v) is 8.79. The number of aromatic nitrogens is 2. The molecule has 0 spiro atoms. The predicted molar refractivity (Wildman–Crippen MR) is 124 cm³/mol. The Balaban J connectivity index is 1.51. The number of rotatable bonds is 6. The smallest absolute Gasteiger partial charge is 0.0956 e. The molecular weight excluding hydrogens is 370 g/mol. The van der Waals surface area contributed by atoms with Crippen LogP contribution >= 0.6 is 0 Å². The Hall–Kier alpha value is -2.47. The first kappa shape index (κ1) is 20.8. The maximum absolute atomic E-state index is 4.92. The molecule has 0 atom stereocenters. The highest BCUT2D eigenvalue weighted by Crippen LogP contribution is 2.24. The van der Waals surface area contributed by atoms with E-state index in [-0.39, 0.29) is 0 Å². The summed E-state index contributed by atoms with van der Waals surface area (Å²) in [5, 5.41) is 4.92. The molecule has 3 aromatic rings. The van der Waals surface area contributed by atoms with E-state index in [0.29, 0.717) is 0 Å². The normalized spacial score (nSPS) is 15.8. The summed E-state index contributed by atoms with van der Waals surface area (Å²) in [6, 6.07) is 17.5. The minimum absolute atomic E-state index is 0.952. The molecule has 2 aromatic carbocycles. The molecule has 0 amide bonds. The molecule has 0 unspecified atom stereocenters. The van der Waals surface area contributed by atoms with Crippen LogP contribution in [0.4, 0.5) is 0 Å². The summed E-state index contributed by atoms with van der Waals surface area (Å²) in [6.07, 6.45) is 2.14. The fourth-order valence-corrected chi connectivity index (χ4v) is 4.07. The number of piperazine rings is 1. The van der Waals surface area contributed by atoms with Crippen molar-refractivity contribution in [3.63, 3.8) is 0 Å². The second kappa shape index (κ2) is 9.13. The van der Waals surface area contributed by atoms with E-state index in [1.807, 2.05) is 4.68 Å². The zero-order valence-electron chi connectivity index (χ0n) is 18.7. The van der Waals surface area contributed by atoms with Crippen LogP contribution < -0.4 is 0 Å². The Bertz CT molecular complexity index is 965. The first-order valence-corrected chi connectivity index (χ1v) is 10.8. The van der Waals surface area contributed by atoms with E-state index in [9.17, 15) is 0 Å². The Morgan fingerprint density at radius 2 is 1.67 bits per heavy atom. The van der Waals surface area contributed by atoms with E-state index < -0.39 is 0 Å². The molecule has 1 aromatic heterocycles. The third kappa shape index (κ3) is 4.98. The minimum Gasteiger partial charge on any atom is -0.305 e. The monoisotopic (exact) mass is 403 g/mol. The van der Waals surface area contributed by atoms with Gasteiger partial charge in [0.1, 0.15) is 0 Å². The average Bonchev–Trinajstić information content (AvgIpc) is 3.12. The number of aryl methyl sites for hydroxylation is 1. The molecule has 158 valence electrons. The van der Waals surface area contributed by atoms with E-state index in [4.69, 9.17) is 5.10 Å². The number of nitrogens with zero attached hydrogens (tertiary/aromatic N) is 5. The molecule has 2 heterocycles. The summed E-state index contributed by atoms with van der Waals surface area (Å²) in [7, 11) is 6.39. The first-order valence-electron chi connectivity index (χ1n) is 10.8. The van der Waals surface area contributed by atoms with Gasteiger partial charge in [0, 0.05) is 51.0 Å². The molecule has 0 bridgehead atoms. The molecule has 4 rings (SSSR count). The maximum Gasteiger partial charge on any atom is 0.0956 e. The summed E-state index contributed by atoms with van der Waals surface area (Å²) in [5.74, 6) is 0. The molecule has 30 heavy (non-hydrogen) atoms. The third-order valence-electron chi connectivity index (χ3n) is 5.80. The van der Waals surface area contributed by atoms with Crippen LogP contribution in [0.5, 0.6) is 0 Å². The number of hydrogen-bond acceptors (Lipinski definition) is 4. The van der Waals surface area contributed by atoms with Gasteiger partial charge in [-0.15, -0.1) is 0 Å². The number of benzene rings is 2. The molecule has 0 aliphatic carbocycles. The van der Waals surface area contributed by atoms with Crippen molar-refractivity contribution in [2.45, 2.75) is 20.0 Å². The van der Waals surface area contributed by atoms with Crippen LogP contribution in [0.2, 0.25) is 0 Å². The van der Waals surface area contributed by atoms with Crippen molar-refractivity contribution in [1.82, 2.24) is 24.5 Å². The van der Waals surface area contributed by atoms with Crippen molar-refractivity contribution < 1.29 is 0 Å². The largest absolute Gasteiger partial charge is 0.305 e. The van der Waals surface area contributed by atoms with Gasteiger partial charge < -0.3 is 9.80 Å². The van der Waals surface area contributed by atoms with E-state index >= 15 is 0 Å². The SMILES string of the molecule is Cc1cn(-c2cccc(CN3CCN(C)CC3)c2)nc1-c1ccc(CN(C)C)cc1. The molecule has 5 nitrogen and oxygen atoms in total. The number of hydrogen-bond donors (Lipinski definition) is 0. The molecule has 0 radical (unpaired) electrons. The second-order valence-electron chi connectivity index (χ2n) is 8.79.